The second kappa shape index (κ2) is 7.84. The normalized spacial score (nSPS) is 16.5. The average molecular weight is 489 g/mol. The van der Waals surface area contributed by atoms with Crippen LogP contribution in [0.3, 0.4) is 0 Å². The van der Waals surface area contributed by atoms with E-state index in [-0.39, 0.29) is 13.2 Å². The molecule has 1 N–H and O–H groups in total. The number of hydrogen-bond donors (Lipinski definition) is 1. The summed E-state index contributed by atoms with van der Waals surface area (Å²) in [5.41, 5.74) is 3.21. The summed E-state index contributed by atoms with van der Waals surface area (Å²) in [6, 6.07) is 9.42. The van der Waals surface area contributed by atoms with E-state index in [0.717, 1.165) is 40.4 Å². The molecule has 1 saturated heterocycles. The van der Waals surface area contributed by atoms with Gasteiger partial charge in [0.2, 0.25) is 0 Å². The Balaban J connectivity index is 0.00000231. The number of halogens is 2. The molecule has 2 aromatic carbocycles. The zero-order valence-corrected chi connectivity index (χ0v) is 18.7. The van der Waals surface area contributed by atoms with Crippen LogP contribution in [0.4, 0.5) is 0 Å². The summed E-state index contributed by atoms with van der Waals surface area (Å²) in [7, 11) is 0. The summed E-state index contributed by atoms with van der Waals surface area (Å²) < 4.78 is 3.00. The van der Waals surface area contributed by atoms with Crippen molar-refractivity contribution < 1.29 is 11.0 Å². The number of likely N-dealkylation sites (tertiary alicyclic amines) is 1. The van der Waals surface area contributed by atoms with Crippen LogP contribution in [0.2, 0.25) is 5.02 Å². The fourth-order valence-electron chi connectivity index (χ4n) is 4.65. The third kappa shape index (κ3) is 3.27. The number of aryl methyl sites for hydroxylation is 1. The first-order chi connectivity index (χ1) is 14.5. The highest BCUT2D eigenvalue weighted by Gasteiger charge is 2.34. The zero-order valence-electron chi connectivity index (χ0n) is 16.4. The van der Waals surface area contributed by atoms with E-state index in [1.165, 1.54) is 25.9 Å². The zero-order chi connectivity index (χ0) is 20.8. The van der Waals surface area contributed by atoms with Crippen LogP contribution in [0.1, 0.15) is 41.4 Å². The van der Waals surface area contributed by atoms with Gasteiger partial charge in [-0.2, -0.15) is 0 Å². The molecule has 0 unspecified atom stereocenters. The molecule has 2 aliphatic heterocycles. The lowest BCUT2D eigenvalue weighted by Crippen LogP contribution is -2.21. The summed E-state index contributed by atoms with van der Waals surface area (Å²) in [6.45, 7) is 4.28. The second-order valence-corrected chi connectivity index (χ2v) is 9.17. The Labute approximate surface area is 189 Å². The fourth-order valence-corrected chi connectivity index (χ4v) is 5.53. The molecule has 3 heterocycles. The molecule has 0 atom stereocenters. The van der Waals surface area contributed by atoms with Crippen LogP contribution in [0.15, 0.2) is 41.0 Å². The Bertz CT molecular complexity index is 1190. The quantitative estimate of drug-likeness (QED) is 0.493. The van der Waals surface area contributed by atoms with Crippen LogP contribution >= 0.6 is 27.5 Å². The highest BCUT2D eigenvalue weighted by molar-refractivity contribution is 9.10. The number of aromatic nitrogens is 1. The Morgan fingerprint density at radius 2 is 1.77 bits per heavy atom. The molecule has 30 heavy (non-hydrogen) atoms. The highest BCUT2D eigenvalue weighted by Crippen LogP contribution is 2.41. The maximum Gasteiger partial charge on any atom is 0.259 e. The van der Waals surface area contributed by atoms with Crippen molar-refractivity contribution in [1.29, 1.82) is 0 Å². The van der Waals surface area contributed by atoms with Gasteiger partial charge >= 0.3 is 0 Å². The maximum atomic E-state index is 12.7. The van der Waals surface area contributed by atoms with Gasteiger partial charge in [-0.1, -0.05) is 29.8 Å². The van der Waals surface area contributed by atoms with Gasteiger partial charge in [0, 0.05) is 34.6 Å². The molecule has 7 heteroatoms. The van der Waals surface area contributed by atoms with Gasteiger partial charge in [0.1, 0.15) is 0 Å². The standard InChI is InChI=1S/C23H21BrClN3O2.H2/c24-16-13-28(11-5-10-27-8-3-4-9-27)18-12-15(14-6-1-2-7-17(14)25)19-21(20(16)18)23(30)26-22(19)29;/h1-2,6-7,12-13H,3-5,8-11H2,(H,26,29,30);1H. The van der Waals surface area contributed by atoms with Crippen LogP contribution in [-0.4, -0.2) is 40.9 Å². The Morgan fingerprint density at radius 1 is 1.03 bits per heavy atom. The number of carbonyl (C=O) groups excluding carboxylic acids is 2. The molecular formula is C23H23BrClN3O2. The van der Waals surface area contributed by atoms with Gasteiger partial charge in [-0.25, -0.2) is 0 Å². The Morgan fingerprint density at radius 3 is 2.53 bits per heavy atom. The minimum atomic E-state index is -0.375. The largest absolute Gasteiger partial charge is 0.346 e. The molecule has 156 valence electrons. The van der Waals surface area contributed by atoms with E-state index in [9.17, 15) is 9.59 Å². The van der Waals surface area contributed by atoms with Gasteiger partial charge in [0.25, 0.3) is 11.8 Å². The monoisotopic (exact) mass is 487 g/mol. The molecule has 0 bridgehead atoms. The highest BCUT2D eigenvalue weighted by atomic mass is 79.9. The van der Waals surface area contributed by atoms with Crippen molar-refractivity contribution in [2.45, 2.75) is 25.8 Å². The van der Waals surface area contributed by atoms with E-state index in [1.807, 2.05) is 30.5 Å². The van der Waals surface area contributed by atoms with E-state index in [1.54, 1.807) is 6.07 Å². The first-order valence-electron chi connectivity index (χ1n) is 10.2. The molecule has 1 aromatic heterocycles. The van der Waals surface area contributed by atoms with Gasteiger partial charge in [-0.05, 0) is 72.5 Å². The lowest BCUT2D eigenvalue weighted by atomic mass is 9.94. The molecule has 3 aromatic rings. The third-order valence-corrected chi connectivity index (χ3v) is 6.97. The second-order valence-electron chi connectivity index (χ2n) is 7.90. The van der Waals surface area contributed by atoms with Gasteiger partial charge in [-0.3, -0.25) is 14.9 Å². The van der Waals surface area contributed by atoms with Crippen LogP contribution < -0.4 is 5.32 Å². The first kappa shape index (κ1) is 19.8. The molecular weight excluding hydrogens is 466 g/mol. The number of amides is 2. The van der Waals surface area contributed by atoms with Crippen molar-refractivity contribution in [3.63, 3.8) is 0 Å². The predicted octanol–water partition coefficient (Wildman–Crippen LogP) is 5.34. The van der Waals surface area contributed by atoms with Gasteiger partial charge < -0.3 is 9.47 Å². The van der Waals surface area contributed by atoms with Crippen LogP contribution in [0, 0.1) is 0 Å². The van der Waals surface area contributed by atoms with Crippen molar-refractivity contribution in [2.24, 2.45) is 0 Å². The minimum absolute atomic E-state index is 0. The molecule has 5 nitrogen and oxygen atoms in total. The molecule has 2 amide bonds. The molecule has 5 rings (SSSR count). The smallest absolute Gasteiger partial charge is 0.259 e. The number of imide groups is 1. The fraction of sp³-hybridized carbons (Fsp3) is 0.304. The number of fused-ring (bicyclic) bond motifs is 3. The number of rotatable bonds is 5. The lowest BCUT2D eigenvalue weighted by Gasteiger charge is -2.15. The maximum absolute atomic E-state index is 12.7. The van der Waals surface area contributed by atoms with Crippen LogP contribution in [0.25, 0.3) is 22.0 Å². The first-order valence-corrected chi connectivity index (χ1v) is 11.4. The van der Waals surface area contributed by atoms with Crippen molar-refractivity contribution in [3.05, 3.63) is 57.2 Å². The van der Waals surface area contributed by atoms with Gasteiger partial charge in [0.05, 0.1) is 16.6 Å². The van der Waals surface area contributed by atoms with E-state index >= 15 is 0 Å². The van der Waals surface area contributed by atoms with E-state index in [0.29, 0.717) is 21.7 Å². The number of benzene rings is 2. The molecule has 0 saturated carbocycles. The molecule has 0 aliphatic carbocycles. The van der Waals surface area contributed by atoms with Crippen LogP contribution in [-0.2, 0) is 6.54 Å². The third-order valence-electron chi connectivity index (χ3n) is 6.04. The lowest BCUT2D eigenvalue weighted by molar-refractivity contribution is 0.0880. The predicted molar refractivity (Wildman–Crippen MR) is 124 cm³/mol. The topological polar surface area (TPSA) is 54.3 Å². The summed E-state index contributed by atoms with van der Waals surface area (Å²) in [4.78, 5) is 27.9. The van der Waals surface area contributed by atoms with E-state index < -0.39 is 0 Å². The van der Waals surface area contributed by atoms with E-state index in [2.05, 4.69) is 30.7 Å². The van der Waals surface area contributed by atoms with Gasteiger partial charge in [-0.15, -0.1) is 0 Å². The molecule has 0 spiro atoms. The summed E-state index contributed by atoms with van der Waals surface area (Å²) in [6.07, 6.45) is 5.62. The SMILES string of the molecule is O=C1NC(=O)c2c1c(-c1ccccc1Cl)cc1c2c(Br)cn1CCCN1CCCC1.[HH]. The number of carbonyl (C=O) groups is 2. The molecule has 1 fully saturated rings. The average Bonchev–Trinajstić information content (AvgIpc) is 3.42. The van der Waals surface area contributed by atoms with Crippen molar-refractivity contribution in [1.82, 2.24) is 14.8 Å². The summed E-state index contributed by atoms with van der Waals surface area (Å²) in [5.74, 6) is -0.732. The van der Waals surface area contributed by atoms with Crippen molar-refractivity contribution >= 4 is 50.2 Å². The summed E-state index contributed by atoms with van der Waals surface area (Å²) in [5, 5.41) is 3.80. The number of hydrogen-bond acceptors (Lipinski definition) is 3. The van der Waals surface area contributed by atoms with Crippen LogP contribution in [0.5, 0.6) is 0 Å². The Hall–Kier alpha value is -2.15. The van der Waals surface area contributed by atoms with E-state index in [4.69, 9.17) is 11.6 Å². The Kier molecular flexibility index (Phi) is 5.17. The van der Waals surface area contributed by atoms with Crippen molar-refractivity contribution in [3.8, 4) is 11.1 Å². The van der Waals surface area contributed by atoms with Gasteiger partial charge in [0.15, 0.2) is 0 Å². The molecule has 0 radical (unpaired) electrons. The number of nitrogens with one attached hydrogen (secondary N) is 1. The summed E-state index contributed by atoms with van der Waals surface area (Å²) >= 11 is 10.1. The minimum Gasteiger partial charge on any atom is -0.346 e. The van der Waals surface area contributed by atoms with Crippen molar-refractivity contribution in [2.75, 3.05) is 19.6 Å². The number of nitrogens with zero attached hydrogens (tertiary/aromatic N) is 2. The molecule has 2 aliphatic rings.